The molecule has 3 aromatic rings. The summed E-state index contributed by atoms with van der Waals surface area (Å²) in [4.78, 5) is 5.94. The first-order valence-corrected chi connectivity index (χ1v) is 11.6. The van der Waals surface area contributed by atoms with E-state index in [4.69, 9.17) is 9.15 Å². The average molecular weight is 467 g/mol. The molecule has 0 N–H and O–H groups in total. The Kier molecular flexibility index (Phi) is 5.14. The quantitative estimate of drug-likeness (QED) is 0.586. The Morgan fingerprint density at radius 2 is 1.94 bits per heavy atom. The average Bonchev–Trinajstić information content (AvgIpc) is 3.38. The van der Waals surface area contributed by atoms with Crippen LogP contribution in [-0.2, 0) is 16.2 Å². The molecule has 0 bridgehead atoms. The first-order valence-electron chi connectivity index (χ1n) is 10.1. The number of nitrogens with zero attached hydrogens (tertiary/aromatic N) is 3. The lowest BCUT2D eigenvalue weighted by atomic mass is 10.1. The van der Waals surface area contributed by atoms with E-state index in [-0.39, 0.29) is 30.1 Å². The van der Waals surface area contributed by atoms with Crippen LogP contribution < -0.4 is 4.74 Å². The van der Waals surface area contributed by atoms with Crippen molar-refractivity contribution in [1.82, 2.24) is 14.2 Å². The molecule has 32 heavy (non-hydrogen) atoms. The highest BCUT2D eigenvalue weighted by atomic mass is 32.2. The Hall–Kier alpha value is -2.63. The van der Waals surface area contributed by atoms with Crippen molar-refractivity contribution in [2.75, 3.05) is 26.2 Å². The maximum atomic E-state index is 13.0. The minimum atomic E-state index is -4.60. The van der Waals surface area contributed by atoms with Crippen LogP contribution in [0.15, 0.2) is 58.2 Å². The lowest BCUT2D eigenvalue weighted by molar-refractivity contribution is -0.137. The van der Waals surface area contributed by atoms with Gasteiger partial charge in [0, 0.05) is 44.7 Å². The van der Waals surface area contributed by atoms with Crippen molar-refractivity contribution in [3.8, 4) is 5.75 Å². The van der Waals surface area contributed by atoms with Crippen molar-refractivity contribution < 1.29 is 30.7 Å². The Morgan fingerprint density at radius 3 is 2.75 bits per heavy atom. The van der Waals surface area contributed by atoms with Gasteiger partial charge in [0.25, 0.3) is 0 Å². The number of halogens is 3. The number of hydrogen-bond donors (Lipinski definition) is 0. The van der Waals surface area contributed by atoms with Crippen molar-refractivity contribution in [2.24, 2.45) is 0 Å². The van der Waals surface area contributed by atoms with E-state index in [1.165, 1.54) is 16.8 Å². The predicted molar refractivity (Wildman–Crippen MR) is 109 cm³/mol. The van der Waals surface area contributed by atoms with Crippen LogP contribution in [0.2, 0.25) is 0 Å². The summed E-state index contributed by atoms with van der Waals surface area (Å²) in [5, 5.41) is 0. The molecule has 5 rings (SSSR count). The Morgan fingerprint density at radius 1 is 1.09 bits per heavy atom. The highest BCUT2D eigenvalue weighted by molar-refractivity contribution is 7.89. The van der Waals surface area contributed by atoms with Crippen LogP contribution in [-0.4, -0.2) is 60.9 Å². The fourth-order valence-electron chi connectivity index (χ4n) is 4.36. The molecule has 0 spiro atoms. The smallest absolute Gasteiger partial charge is 0.416 e. The van der Waals surface area contributed by atoms with Gasteiger partial charge in [-0.15, -0.1) is 0 Å². The summed E-state index contributed by atoms with van der Waals surface area (Å²) < 4.78 is 77.7. The zero-order valence-electron chi connectivity index (χ0n) is 16.8. The number of piperazine rings is 1. The molecular formula is C21H20F3N3O4S. The lowest BCUT2D eigenvalue weighted by Gasteiger charge is -2.36. The second kappa shape index (κ2) is 7.75. The van der Waals surface area contributed by atoms with Crippen LogP contribution >= 0.6 is 0 Å². The number of fused-ring (bicyclic) bond motifs is 2. The molecule has 11 heteroatoms. The highest BCUT2D eigenvalue weighted by Gasteiger charge is 2.41. The molecule has 0 unspecified atom stereocenters. The van der Waals surface area contributed by atoms with Gasteiger partial charge in [0.1, 0.15) is 17.4 Å². The molecule has 0 amide bonds. The maximum Gasteiger partial charge on any atom is 0.416 e. The van der Waals surface area contributed by atoms with E-state index >= 15 is 0 Å². The van der Waals surface area contributed by atoms with Gasteiger partial charge in [-0.05, 0) is 30.3 Å². The van der Waals surface area contributed by atoms with Gasteiger partial charge < -0.3 is 9.15 Å². The Balaban J connectivity index is 1.28. The molecule has 2 atom stereocenters. The van der Waals surface area contributed by atoms with E-state index in [2.05, 4.69) is 9.88 Å². The third-order valence-corrected chi connectivity index (χ3v) is 7.81. The van der Waals surface area contributed by atoms with Crippen molar-refractivity contribution in [1.29, 1.82) is 0 Å². The zero-order valence-corrected chi connectivity index (χ0v) is 17.6. The summed E-state index contributed by atoms with van der Waals surface area (Å²) >= 11 is 0. The van der Waals surface area contributed by atoms with Crippen LogP contribution in [0.4, 0.5) is 13.2 Å². The van der Waals surface area contributed by atoms with E-state index in [0.717, 1.165) is 12.1 Å². The fourth-order valence-corrected chi connectivity index (χ4v) is 5.87. The Labute approximate surface area is 182 Å². The van der Waals surface area contributed by atoms with Gasteiger partial charge in [0.15, 0.2) is 12.0 Å². The van der Waals surface area contributed by atoms with Gasteiger partial charge in [-0.2, -0.15) is 17.5 Å². The predicted octanol–water partition coefficient (Wildman–Crippen LogP) is 3.37. The zero-order chi connectivity index (χ0) is 22.5. The normalized spacial score (nSPS) is 22.8. The van der Waals surface area contributed by atoms with Crippen molar-refractivity contribution in [3.05, 3.63) is 54.4 Å². The molecule has 0 aliphatic carbocycles. The van der Waals surface area contributed by atoms with Gasteiger partial charge in [0.05, 0.1) is 10.5 Å². The first kappa shape index (κ1) is 21.2. The molecule has 2 aliphatic heterocycles. The molecule has 0 radical (unpaired) electrons. The van der Waals surface area contributed by atoms with Gasteiger partial charge in [-0.1, -0.05) is 6.07 Å². The van der Waals surface area contributed by atoms with Crippen LogP contribution in [0.5, 0.6) is 5.75 Å². The molecule has 3 heterocycles. The summed E-state index contributed by atoms with van der Waals surface area (Å²) in [7, 11) is -4.03. The maximum absolute atomic E-state index is 13.0. The molecule has 1 aromatic heterocycles. The van der Waals surface area contributed by atoms with Crippen LogP contribution in [0.25, 0.3) is 11.1 Å². The van der Waals surface area contributed by atoms with E-state index in [0.29, 0.717) is 42.4 Å². The summed E-state index contributed by atoms with van der Waals surface area (Å²) in [6.45, 7) is 1.57. The number of benzene rings is 2. The summed E-state index contributed by atoms with van der Waals surface area (Å²) in [6, 6.07) is 9.20. The number of oxazole rings is 1. The van der Waals surface area contributed by atoms with Crippen LogP contribution in [0.1, 0.15) is 12.0 Å². The van der Waals surface area contributed by atoms with E-state index in [1.807, 2.05) is 0 Å². The molecule has 2 aliphatic rings. The molecule has 170 valence electrons. The van der Waals surface area contributed by atoms with Gasteiger partial charge in [-0.25, -0.2) is 13.4 Å². The molecule has 7 nitrogen and oxygen atoms in total. The third-order valence-electron chi connectivity index (χ3n) is 5.94. The number of rotatable bonds is 4. The molecule has 2 aromatic carbocycles. The summed E-state index contributed by atoms with van der Waals surface area (Å²) in [6.07, 6.45) is -2.75. The van der Waals surface area contributed by atoms with E-state index in [1.54, 1.807) is 18.2 Å². The minimum Gasteiger partial charge on any atom is -0.489 e. The molecular weight excluding hydrogens is 447 g/mol. The number of ether oxygens (including phenoxy) is 1. The van der Waals surface area contributed by atoms with Crippen molar-refractivity contribution >= 4 is 21.1 Å². The number of hydrogen-bond acceptors (Lipinski definition) is 6. The lowest BCUT2D eigenvalue weighted by Crippen LogP contribution is -2.51. The van der Waals surface area contributed by atoms with Crippen molar-refractivity contribution in [2.45, 2.75) is 29.6 Å². The second-order valence-corrected chi connectivity index (χ2v) is 9.93. The van der Waals surface area contributed by atoms with Crippen LogP contribution in [0.3, 0.4) is 0 Å². The van der Waals surface area contributed by atoms with E-state index < -0.39 is 21.8 Å². The third kappa shape index (κ3) is 3.96. The molecule has 0 saturated carbocycles. The number of alkyl halides is 3. The largest absolute Gasteiger partial charge is 0.489 e. The standard InChI is InChI=1S/C21H20F3N3O4S/c22-21(23,24)14-2-1-3-18(8-14)32(28,29)27-7-6-26-12-17(9-15(26)11-27)31-16-4-5-20-19(10-16)25-13-30-20/h1-5,8,10,13,15,17H,6-7,9,11-12H2/t15-,17-/m0/s1. The summed E-state index contributed by atoms with van der Waals surface area (Å²) in [5.41, 5.74) is 0.379. The second-order valence-electron chi connectivity index (χ2n) is 7.99. The number of sulfonamides is 1. The SMILES string of the molecule is O=S(=O)(c1cccc(C(F)(F)F)c1)N1CCN2C[C@@H](Oc3ccc4ocnc4c3)C[C@H]2C1. The monoisotopic (exact) mass is 467 g/mol. The van der Waals surface area contributed by atoms with Crippen molar-refractivity contribution in [3.63, 3.8) is 0 Å². The van der Waals surface area contributed by atoms with Gasteiger partial charge >= 0.3 is 6.18 Å². The highest BCUT2D eigenvalue weighted by Crippen LogP contribution is 2.33. The van der Waals surface area contributed by atoms with E-state index in [9.17, 15) is 21.6 Å². The molecule has 2 saturated heterocycles. The Bertz CT molecular complexity index is 1240. The van der Waals surface area contributed by atoms with Gasteiger partial charge in [-0.3, -0.25) is 4.90 Å². The van der Waals surface area contributed by atoms with Gasteiger partial charge in [0.2, 0.25) is 10.0 Å². The number of aromatic nitrogens is 1. The minimum absolute atomic E-state index is 0.0647. The molecule has 2 fully saturated rings. The summed E-state index contributed by atoms with van der Waals surface area (Å²) in [5.74, 6) is 0.657. The first-order chi connectivity index (χ1) is 15.2. The van der Waals surface area contributed by atoms with Crippen LogP contribution in [0, 0.1) is 0 Å². The fraction of sp³-hybridized carbons (Fsp3) is 0.381. The topological polar surface area (TPSA) is 75.9 Å².